The molecule has 1 aromatic rings. The first kappa shape index (κ1) is 12.7. The molecule has 15 heavy (non-hydrogen) atoms. The van der Waals surface area contributed by atoms with Gasteiger partial charge in [0.25, 0.3) is 0 Å². The second-order valence-corrected chi connectivity index (χ2v) is 6.16. The minimum atomic E-state index is 0.209. The second-order valence-electron chi connectivity index (χ2n) is 5.24. The largest absolute Gasteiger partial charge is 0.327 e. The van der Waals surface area contributed by atoms with Crippen molar-refractivity contribution < 1.29 is 0 Å². The molecule has 0 fully saturated rings. The molecular weight excluding hydrogens is 252 g/mol. The summed E-state index contributed by atoms with van der Waals surface area (Å²) in [6.07, 6.45) is 5.59. The smallest absolute Gasteiger partial charge is 0.0410 e. The molecule has 1 heterocycles. The van der Waals surface area contributed by atoms with E-state index in [-0.39, 0.29) is 6.04 Å². The molecule has 84 valence electrons. The number of halogens is 1. The molecule has 0 amide bonds. The number of hydrogen-bond acceptors (Lipinski definition) is 2. The zero-order valence-electron chi connectivity index (χ0n) is 9.63. The van der Waals surface area contributed by atoms with Crippen LogP contribution in [-0.2, 0) is 6.42 Å². The maximum atomic E-state index is 6.10. The lowest BCUT2D eigenvalue weighted by Crippen LogP contribution is -2.28. The Hall–Kier alpha value is -0.410. The van der Waals surface area contributed by atoms with E-state index in [1.165, 1.54) is 5.56 Å². The Morgan fingerprint density at radius 1 is 1.40 bits per heavy atom. The summed E-state index contributed by atoms with van der Waals surface area (Å²) in [7, 11) is 0. The van der Waals surface area contributed by atoms with Gasteiger partial charge in [0, 0.05) is 22.9 Å². The van der Waals surface area contributed by atoms with Crippen molar-refractivity contribution in [2.45, 2.75) is 39.7 Å². The SMILES string of the molecule is CC(C)(C)CC(N)Cc1cncc(Br)c1. The summed E-state index contributed by atoms with van der Waals surface area (Å²) in [4.78, 5) is 4.13. The fraction of sp³-hybridized carbons (Fsp3) is 0.583. The highest BCUT2D eigenvalue weighted by Crippen LogP contribution is 2.21. The molecule has 0 aliphatic rings. The second kappa shape index (κ2) is 5.08. The molecule has 1 unspecified atom stereocenters. The topological polar surface area (TPSA) is 38.9 Å². The molecule has 0 radical (unpaired) electrons. The predicted octanol–water partition coefficient (Wildman–Crippen LogP) is 3.15. The summed E-state index contributed by atoms with van der Waals surface area (Å²) in [5.74, 6) is 0. The van der Waals surface area contributed by atoms with Crippen LogP contribution in [0.2, 0.25) is 0 Å². The fourth-order valence-electron chi connectivity index (χ4n) is 1.73. The van der Waals surface area contributed by atoms with Gasteiger partial charge < -0.3 is 5.73 Å². The van der Waals surface area contributed by atoms with Gasteiger partial charge in [-0.25, -0.2) is 0 Å². The molecule has 0 saturated carbocycles. The van der Waals surface area contributed by atoms with Crippen LogP contribution >= 0.6 is 15.9 Å². The number of nitrogens with zero attached hydrogens (tertiary/aromatic N) is 1. The number of rotatable bonds is 3. The summed E-state index contributed by atoms with van der Waals surface area (Å²) >= 11 is 3.41. The van der Waals surface area contributed by atoms with Crippen LogP contribution in [0.1, 0.15) is 32.8 Å². The van der Waals surface area contributed by atoms with E-state index in [1.807, 2.05) is 6.20 Å². The van der Waals surface area contributed by atoms with E-state index in [1.54, 1.807) is 6.20 Å². The molecule has 0 spiro atoms. The first-order valence-electron chi connectivity index (χ1n) is 5.22. The highest BCUT2D eigenvalue weighted by Gasteiger charge is 2.15. The lowest BCUT2D eigenvalue weighted by Gasteiger charge is -2.23. The van der Waals surface area contributed by atoms with E-state index in [0.29, 0.717) is 5.41 Å². The molecular formula is C12H19BrN2. The van der Waals surface area contributed by atoms with E-state index in [2.05, 4.69) is 47.8 Å². The Kier molecular flexibility index (Phi) is 4.29. The summed E-state index contributed by atoms with van der Waals surface area (Å²) in [6, 6.07) is 2.29. The lowest BCUT2D eigenvalue weighted by molar-refractivity contribution is 0.338. The molecule has 1 atom stereocenters. The molecule has 2 nitrogen and oxygen atoms in total. The Morgan fingerprint density at radius 3 is 2.60 bits per heavy atom. The molecule has 1 rings (SSSR count). The average molecular weight is 271 g/mol. The third kappa shape index (κ3) is 5.28. The minimum Gasteiger partial charge on any atom is -0.327 e. The standard InChI is InChI=1S/C12H19BrN2/c1-12(2,3)6-11(14)5-9-4-10(13)8-15-7-9/h4,7-8,11H,5-6,14H2,1-3H3. The van der Waals surface area contributed by atoms with E-state index in [0.717, 1.165) is 17.3 Å². The van der Waals surface area contributed by atoms with Crippen LogP contribution in [0.25, 0.3) is 0 Å². The molecule has 0 aliphatic carbocycles. The number of aromatic nitrogens is 1. The van der Waals surface area contributed by atoms with Crippen LogP contribution in [0.15, 0.2) is 22.9 Å². The summed E-state index contributed by atoms with van der Waals surface area (Å²) in [5.41, 5.74) is 7.58. The van der Waals surface area contributed by atoms with Crippen molar-refractivity contribution in [3.05, 3.63) is 28.5 Å². The van der Waals surface area contributed by atoms with Crippen LogP contribution in [0.4, 0.5) is 0 Å². The van der Waals surface area contributed by atoms with Gasteiger partial charge in [0.15, 0.2) is 0 Å². The zero-order chi connectivity index (χ0) is 11.5. The maximum Gasteiger partial charge on any atom is 0.0410 e. The highest BCUT2D eigenvalue weighted by molar-refractivity contribution is 9.10. The van der Waals surface area contributed by atoms with Gasteiger partial charge in [-0.05, 0) is 45.8 Å². The van der Waals surface area contributed by atoms with Gasteiger partial charge in [-0.1, -0.05) is 20.8 Å². The van der Waals surface area contributed by atoms with Crippen molar-refractivity contribution in [2.75, 3.05) is 0 Å². The maximum absolute atomic E-state index is 6.10. The molecule has 0 aliphatic heterocycles. The molecule has 0 saturated heterocycles. The first-order chi connectivity index (χ1) is 6.87. The van der Waals surface area contributed by atoms with E-state index >= 15 is 0 Å². The Labute approximate surface area is 100 Å². The van der Waals surface area contributed by atoms with Crippen LogP contribution < -0.4 is 5.73 Å². The molecule has 2 N–H and O–H groups in total. The normalized spacial score (nSPS) is 13.9. The Morgan fingerprint density at radius 2 is 2.07 bits per heavy atom. The van der Waals surface area contributed by atoms with Crippen molar-refractivity contribution in [1.29, 1.82) is 0 Å². The van der Waals surface area contributed by atoms with Crippen molar-refractivity contribution in [1.82, 2.24) is 4.98 Å². The Balaban J connectivity index is 2.55. The van der Waals surface area contributed by atoms with E-state index in [4.69, 9.17) is 5.73 Å². The first-order valence-corrected chi connectivity index (χ1v) is 6.01. The summed E-state index contributed by atoms with van der Waals surface area (Å²) in [6.45, 7) is 6.64. The van der Waals surface area contributed by atoms with E-state index < -0.39 is 0 Å². The highest BCUT2D eigenvalue weighted by atomic mass is 79.9. The van der Waals surface area contributed by atoms with Gasteiger partial charge in [-0.15, -0.1) is 0 Å². The zero-order valence-corrected chi connectivity index (χ0v) is 11.2. The third-order valence-electron chi connectivity index (χ3n) is 2.13. The molecule has 3 heteroatoms. The summed E-state index contributed by atoms with van der Waals surface area (Å²) < 4.78 is 1.02. The van der Waals surface area contributed by atoms with Gasteiger partial charge >= 0.3 is 0 Å². The molecule has 1 aromatic heterocycles. The monoisotopic (exact) mass is 270 g/mol. The van der Waals surface area contributed by atoms with Gasteiger partial charge in [-0.3, -0.25) is 4.98 Å². The minimum absolute atomic E-state index is 0.209. The molecule has 0 bridgehead atoms. The number of hydrogen-bond donors (Lipinski definition) is 1. The van der Waals surface area contributed by atoms with Crippen LogP contribution in [-0.4, -0.2) is 11.0 Å². The van der Waals surface area contributed by atoms with E-state index in [9.17, 15) is 0 Å². The van der Waals surface area contributed by atoms with Gasteiger partial charge in [0.1, 0.15) is 0 Å². The van der Waals surface area contributed by atoms with Crippen LogP contribution in [0, 0.1) is 5.41 Å². The quantitative estimate of drug-likeness (QED) is 0.917. The van der Waals surface area contributed by atoms with Gasteiger partial charge in [0.2, 0.25) is 0 Å². The predicted molar refractivity (Wildman–Crippen MR) is 67.7 cm³/mol. The van der Waals surface area contributed by atoms with Gasteiger partial charge in [0.05, 0.1) is 0 Å². The van der Waals surface area contributed by atoms with Crippen molar-refractivity contribution >= 4 is 15.9 Å². The number of pyridine rings is 1. The third-order valence-corrected chi connectivity index (χ3v) is 2.57. The lowest BCUT2D eigenvalue weighted by atomic mass is 9.86. The van der Waals surface area contributed by atoms with Crippen molar-refractivity contribution in [2.24, 2.45) is 11.1 Å². The van der Waals surface area contributed by atoms with Crippen LogP contribution in [0.5, 0.6) is 0 Å². The average Bonchev–Trinajstić information content (AvgIpc) is 1.99. The summed E-state index contributed by atoms with van der Waals surface area (Å²) in [5, 5.41) is 0. The number of nitrogens with two attached hydrogens (primary N) is 1. The van der Waals surface area contributed by atoms with Crippen LogP contribution in [0.3, 0.4) is 0 Å². The van der Waals surface area contributed by atoms with Crippen molar-refractivity contribution in [3.63, 3.8) is 0 Å². The Bertz CT molecular complexity index is 318. The molecule has 0 aromatic carbocycles. The fourth-order valence-corrected chi connectivity index (χ4v) is 2.14. The van der Waals surface area contributed by atoms with Crippen molar-refractivity contribution in [3.8, 4) is 0 Å². The van der Waals surface area contributed by atoms with Gasteiger partial charge in [-0.2, -0.15) is 0 Å².